The number of carbonyl (C=O) groups excluding carboxylic acids is 1. The highest BCUT2D eigenvalue weighted by Crippen LogP contribution is 2.36. The largest absolute Gasteiger partial charge is 0.345 e. The predicted molar refractivity (Wildman–Crippen MR) is 69.7 cm³/mol. The Morgan fingerprint density at radius 1 is 1.44 bits per heavy atom. The molecule has 0 unspecified atom stereocenters. The summed E-state index contributed by atoms with van der Waals surface area (Å²) >= 11 is 5.78. The van der Waals surface area contributed by atoms with Gasteiger partial charge < -0.3 is 5.32 Å². The van der Waals surface area contributed by atoms with Gasteiger partial charge in [0.1, 0.15) is 0 Å². The summed E-state index contributed by atoms with van der Waals surface area (Å²) in [5, 5.41) is 2.85. The van der Waals surface area contributed by atoms with Gasteiger partial charge >= 0.3 is 0 Å². The van der Waals surface area contributed by atoms with E-state index in [0.717, 1.165) is 19.1 Å². The predicted octanol–water partition coefficient (Wildman–Crippen LogP) is 1.59. The van der Waals surface area contributed by atoms with E-state index in [4.69, 9.17) is 11.6 Å². The van der Waals surface area contributed by atoms with Crippen molar-refractivity contribution in [1.29, 1.82) is 0 Å². The zero-order valence-electron chi connectivity index (χ0n) is 9.94. The molecule has 1 N–H and O–H groups in total. The highest BCUT2D eigenvalue weighted by Gasteiger charge is 2.43. The lowest BCUT2D eigenvalue weighted by atomic mass is 10.2. The highest BCUT2D eigenvalue weighted by molar-refractivity contribution is 7.90. The summed E-state index contributed by atoms with van der Waals surface area (Å²) < 4.78 is 22.8. The Labute approximate surface area is 111 Å². The molecule has 1 aromatic rings. The maximum Gasteiger partial charge on any atom is 0.251 e. The van der Waals surface area contributed by atoms with Crippen molar-refractivity contribution in [2.45, 2.75) is 23.3 Å². The Kier molecular flexibility index (Phi) is 3.38. The summed E-state index contributed by atoms with van der Waals surface area (Å²) in [6, 6.07) is 6.01. The molecular weight excluding hydrogens is 274 g/mol. The zero-order chi connectivity index (χ0) is 13.4. The maximum atomic E-state index is 12.0. The van der Waals surface area contributed by atoms with E-state index in [1.165, 1.54) is 12.1 Å². The van der Waals surface area contributed by atoms with E-state index in [2.05, 4.69) is 5.32 Å². The fraction of sp³-hybridized carbons (Fsp3) is 0.417. The minimum Gasteiger partial charge on any atom is -0.345 e. The van der Waals surface area contributed by atoms with E-state index in [9.17, 15) is 13.2 Å². The van der Waals surface area contributed by atoms with E-state index in [-0.39, 0.29) is 16.3 Å². The number of benzene rings is 1. The van der Waals surface area contributed by atoms with Crippen LogP contribution in [-0.4, -0.2) is 32.0 Å². The Hall–Kier alpha value is -1.07. The summed E-state index contributed by atoms with van der Waals surface area (Å²) in [5.74, 6) is 0.100. The second-order valence-corrected chi connectivity index (χ2v) is 6.95. The van der Waals surface area contributed by atoms with Gasteiger partial charge in [-0.1, -0.05) is 6.07 Å². The molecule has 98 valence electrons. The number of halogens is 1. The molecule has 1 aliphatic carbocycles. The Bertz CT molecular complexity index is 579. The van der Waals surface area contributed by atoms with E-state index < -0.39 is 9.84 Å². The molecule has 0 heterocycles. The molecule has 1 aliphatic rings. The van der Waals surface area contributed by atoms with Crippen LogP contribution < -0.4 is 5.32 Å². The molecule has 0 radical (unpaired) electrons. The van der Waals surface area contributed by atoms with Crippen molar-refractivity contribution in [1.82, 2.24) is 5.32 Å². The second kappa shape index (κ2) is 4.55. The first-order valence-electron chi connectivity index (χ1n) is 5.55. The molecule has 1 saturated carbocycles. The number of carbonyl (C=O) groups is 1. The summed E-state index contributed by atoms with van der Waals surface area (Å²) in [6.45, 7) is 0. The van der Waals surface area contributed by atoms with Crippen LogP contribution in [0.15, 0.2) is 29.2 Å². The van der Waals surface area contributed by atoms with Gasteiger partial charge in [0, 0.05) is 17.7 Å². The molecular formula is C12H14ClNO3S. The molecule has 0 saturated heterocycles. The van der Waals surface area contributed by atoms with Crippen LogP contribution in [-0.2, 0) is 9.84 Å². The first-order valence-corrected chi connectivity index (χ1v) is 7.98. The van der Waals surface area contributed by atoms with E-state index >= 15 is 0 Å². The zero-order valence-corrected chi connectivity index (χ0v) is 11.5. The summed E-state index contributed by atoms with van der Waals surface area (Å²) in [5.41, 5.74) is 0.0500. The monoisotopic (exact) mass is 287 g/mol. The van der Waals surface area contributed by atoms with Gasteiger partial charge in [-0.3, -0.25) is 4.79 Å². The third-order valence-electron chi connectivity index (χ3n) is 3.01. The van der Waals surface area contributed by atoms with Gasteiger partial charge in [-0.25, -0.2) is 8.42 Å². The van der Waals surface area contributed by atoms with Gasteiger partial charge in [-0.15, -0.1) is 11.6 Å². The van der Waals surface area contributed by atoms with Crippen LogP contribution in [0.4, 0.5) is 0 Å². The van der Waals surface area contributed by atoms with Gasteiger partial charge in [0.15, 0.2) is 9.84 Å². The second-order valence-electron chi connectivity index (χ2n) is 4.67. The van der Waals surface area contributed by atoms with Gasteiger partial charge in [0.2, 0.25) is 0 Å². The van der Waals surface area contributed by atoms with E-state index in [0.29, 0.717) is 11.4 Å². The van der Waals surface area contributed by atoms with Gasteiger partial charge in [-0.2, -0.15) is 0 Å². The SMILES string of the molecule is CS(=O)(=O)c1cccc(C(=O)NC2(CCl)CC2)c1. The average Bonchev–Trinajstić information content (AvgIpc) is 3.08. The standard InChI is InChI=1S/C12H14ClNO3S/c1-18(16,17)10-4-2-3-9(7-10)11(15)14-12(8-13)5-6-12/h2-4,7H,5-6,8H2,1H3,(H,14,15). The van der Waals surface area contributed by atoms with Crippen LogP contribution >= 0.6 is 11.6 Å². The minimum atomic E-state index is -3.30. The van der Waals surface area contributed by atoms with Gasteiger partial charge in [-0.05, 0) is 31.0 Å². The summed E-state index contributed by atoms with van der Waals surface area (Å²) in [7, 11) is -3.30. The normalized spacial score (nSPS) is 17.2. The first-order chi connectivity index (χ1) is 8.36. The maximum absolute atomic E-state index is 12.0. The van der Waals surface area contributed by atoms with Crippen molar-refractivity contribution in [3.8, 4) is 0 Å². The lowest BCUT2D eigenvalue weighted by Gasteiger charge is -2.14. The lowest BCUT2D eigenvalue weighted by molar-refractivity contribution is 0.0936. The molecule has 1 amide bonds. The van der Waals surface area contributed by atoms with Crippen molar-refractivity contribution in [2.75, 3.05) is 12.1 Å². The fourth-order valence-electron chi connectivity index (χ4n) is 1.62. The number of amides is 1. The number of hydrogen-bond acceptors (Lipinski definition) is 3. The Balaban J connectivity index is 2.21. The fourth-order valence-corrected chi connectivity index (χ4v) is 2.62. The summed E-state index contributed by atoms with van der Waals surface area (Å²) in [6.07, 6.45) is 2.85. The van der Waals surface area contributed by atoms with Crippen LogP contribution in [0.5, 0.6) is 0 Å². The molecule has 0 aliphatic heterocycles. The molecule has 4 nitrogen and oxygen atoms in total. The molecule has 0 bridgehead atoms. The third-order valence-corrected chi connectivity index (χ3v) is 4.63. The molecule has 18 heavy (non-hydrogen) atoms. The number of hydrogen-bond donors (Lipinski definition) is 1. The number of nitrogens with one attached hydrogen (secondary N) is 1. The lowest BCUT2D eigenvalue weighted by Crippen LogP contribution is -2.38. The van der Waals surface area contributed by atoms with Crippen LogP contribution in [0.3, 0.4) is 0 Å². The minimum absolute atomic E-state index is 0.144. The quantitative estimate of drug-likeness (QED) is 0.856. The Morgan fingerprint density at radius 2 is 2.11 bits per heavy atom. The van der Waals surface area contributed by atoms with Gasteiger partial charge in [0.25, 0.3) is 5.91 Å². The van der Waals surface area contributed by atoms with Crippen molar-refractivity contribution >= 4 is 27.3 Å². The van der Waals surface area contributed by atoms with Gasteiger partial charge in [0.05, 0.1) is 10.4 Å². The smallest absolute Gasteiger partial charge is 0.251 e. The van der Waals surface area contributed by atoms with E-state index in [1.807, 2.05) is 0 Å². The molecule has 0 aromatic heterocycles. The molecule has 6 heteroatoms. The first kappa shape index (κ1) is 13.4. The summed E-state index contributed by atoms with van der Waals surface area (Å²) in [4.78, 5) is 12.1. The van der Waals surface area contributed by atoms with Crippen molar-refractivity contribution in [3.05, 3.63) is 29.8 Å². The number of alkyl halides is 1. The van der Waals surface area contributed by atoms with Crippen molar-refractivity contribution in [3.63, 3.8) is 0 Å². The van der Waals surface area contributed by atoms with Crippen LogP contribution in [0.25, 0.3) is 0 Å². The van der Waals surface area contributed by atoms with Crippen LogP contribution in [0, 0.1) is 0 Å². The van der Waals surface area contributed by atoms with Crippen LogP contribution in [0.2, 0.25) is 0 Å². The molecule has 0 spiro atoms. The van der Waals surface area contributed by atoms with E-state index in [1.54, 1.807) is 12.1 Å². The average molecular weight is 288 g/mol. The third kappa shape index (κ3) is 2.84. The highest BCUT2D eigenvalue weighted by atomic mass is 35.5. The molecule has 1 fully saturated rings. The Morgan fingerprint density at radius 3 is 2.61 bits per heavy atom. The van der Waals surface area contributed by atoms with Crippen molar-refractivity contribution < 1.29 is 13.2 Å². The van der Waals surface area contributed by atoms with Crippen LogP contribution in [0.1, 0.15) is 23.2 Å². The topological polar surface area (TPSA) is 63.2 Å². The molecule has 2 rings (SSSR count). The number of rotatable bonds is 4. The molecule has 0 atom stereocenters. The number of sulfone groups is 1. The van der Waals surface area contributed by atoms with Crippen molar-refractivity contribution in [2.24, 2.45) is 0 Å². The molecule has 1 aromatic carbocycles.